The zero-order valence-corrected chi connectivity index (χ0v) is 16.6. The van der Waals surface area contributed by atoms with Crippen molar-refractivity contribution in [2.75, 3.05) is 21.3 Å². The van der Waals surface area contributed by atoms with Crippen molar-refractivity contribution in [1.82, 2.24) is 0 Å². The molecule has 0 saturated carbocycles. The first kappa shape index (κ1) is 19.5. The number of furan rings is 1. The summed E-state index contributed by atoms with van der Waals surface area (Å²) in [4.78, 5) is 12.4. The van der Waals surface area contributed by atoms with Gasteiger partial charge in [-0.25, -0.2) is 0 Å². The number of benzene rings is 2. The molecule has 0 spiro atoms. The molecule has 0 fully saturated rings. The summed E-state index contributed by atoms with van der Waals surface area (Å²) >= 11 is 0. The van der Waals surface area contributed by atoms with E-state index >= 15 is 0 Å². The van der Waals surface area contributed by atoms with E-state index in [2.05, 4.69) is 6.58 Å². The summed E-state index contributed by atoms with van der Waals surface area (Å²) in [6, 6.07) is 13.2. The van der Waals surface area contributed by atoms with E-state index in [0.29, 0.717) is 23.5 Å². The highest BCUT2D eigenvalue weighted by Crippen LogP contribution is 2.40. The fraction of sp³-hybridized carbons (Fsp3) is 0.261. The molecule has 1 aromatic heterocycles. The maximum Gasteiger partial charge on any atom is 0.316 e. The first-order valence-corrected chi connectivity index (χ1v) is 9.06. The first-order valence-electron chi connectivity index (χ1n) is 9.06. The van der Waals surface area contributed by atoms with Crippen LogP contribution in [0.15, 0.2) is 53.5 Å². The number of carbonyl (C=O) groups is 1. The van der Waals surface area contributed by atoms with Gasteiger partial charge in [-0.15, -0.1) is 0 Å². The molecule has 0 N–H and O–H groups in total. The van der Waals surface area contributed by atoms with Crippen molar-refractivity contribution in [2.24, 2.45) is 0 Å². The number of hydrogen-bond acceptors (Lipinski definition) is 5. The van der Waals surface area contributed by atoms with E-state index in [1.807, 2.05) is 49.4 Å². The SMILES string of the molecule is C=C(c1ccc(OC)cc1)c1c(C(CC)C(=O)OC)oc2ccc(OC)cc12. The van der Waals surface area contributed by atoms with Gasteiger partial charge in [-0.05, 0) is 47.9 Å². The molecule has 0 saturated heterocycles. The molecular weight excluding hydrogens is 356 g/mol. The lowest BCUT2D eigenvalue weighted by molar-refractivity contribution is -0.142. The van der Waals surface area contributed by atoms with Crippen LogP contribution in [0.25, 0.3) is 16.5 Å². The van der Waals surface area contributed by atoms with Gasteiger partial charge in [0.05, 0.1) is 21.3 Å². The first-order chi connectivity index (χ1) is 13.5. The van der Waals surface area contributed by atoms with Crippen LogP contribution in [0.5, 0.6) is 11.5 Å². The number of rotatable bonds is 7. The molecule has 0 bridgehead atoms. The third-order valence-corrected chi connectivity index (χ3v) is 4.87. The summed E-state index contributed by atoms with van der Waals surface area (Å²) in [6.07, 6.45) is 0.548. The van der Waals surface area contributed by atoms with Crippen LogP contribution in [0, 0.1) is 0 Å². The van der Waals surface area contributed by atoms with Crippen molar-refractivity contribution in [3.05, 3.63) is 65.9 Å². The molecule has 2 aromatic carbocycles. The minimum Gasteiger partial charge on any atom is -0.497 e. The normalized spacial score (nSPS) is 11.9. The van der Waals surface area contributed by atoms with Crippen LogP contribution >= 0.6 is 0 Å². The van der Waals surface area contributed by atoms with Gasteiger partial charge in [0.1, 0.15) is 28.8 Å². The van der Waals surface area contributed by atoms with E-state index in [9.17, 15) is 4.79 Å². The summed E-state index contributed by atoms with van der Waals surface area (Å²) in [5, 5.41) is 0.845. The standard InChI is InChI=1S/C23H24O5/c1-6-18(23(24)27-5)22-21(14(2)15-7-9-16(25-3)10-8-15)19-13-17(26-4)11-12-20(19)28-22/h7-13,18H,2,6H2,1,3-5H3. The van der Waals surface area contributed by atoms with E-state index in [1.165, 1.54) is 7.11 Å². The zero-order valence-electron chi connectivity index (χ0n) is 16.6. The van der Waals surface area contributed by atoms with E-state index in [0.717, 1.165) is 27.8 Å². The minimum absolute atomic E-state index is 0.336. The van der Waals surface area contributed by atoms with Crippen LogP contribution in [-0.4, -0.2) is 27.3 Å². The molecule has 0 amide bonds. The molecular formula is C23H24O5. The van der Waals surface area contributed by atoms with E-state index in [1.54, 1.807) is 14.2 Å². The van der Waals surface area contributed by atoms with E-state index in [-0.39, 0.29) is 5.97 Å². The van der Waals surface area contributed by atoms with Gasteiger partial charge in [-0.3, -0.25) is 4.79 Å². The third-order valence-electron chi connectivity index (χ3n) is 4.87. The molecule has 0 aliphatic carbocycles. The van der Waals surface area contributed by atoms with Crippen molar-refractivity contribution in [1.29, 1.82) is 0 Å². The number of carbonyl (C=O) groups excluding carboxylic acids is 1. The lowest BCUT2D eigenvalue weighted by Gasteiger charge is -2.14. The Hall–Kier alpha value is -3.21. The molecule has 5 heteroatoms. The molecule has 1 unspecified atom stereocenters. The van der Waals surface area contributed by atoms with Crippen LogP contribution in [0.1, 0.15) is 36.1 Å². The van der Waals surface area contributed by atoms with Crippen LogP contribution in [0.3, 0.4) is 0 Å². The molecule has 0 aliphatic rings. The molecule has 0 aliphatic heterocycles. The Labute approximate surface area is 164 Å². The van der Waals surface area contributed by atoms with Gasteiger partial charge in [0.25, 0.3) is 0 Å². The monoisotopic (exact) mass is 380 g/mol. The van der Waals surface area contributed by atoms with Gasteiger partial charge in [0.2, 0.25) is 0 Å². The van der Waals surface area contributed by atoms with Gasteiger partial charge >= 0.3 is 5.97 Å². The summed E-state index contributed by atoms with van der Waals surface area (Å²) in [5.74, 6) is 1.16. The average Bonchev–Trinajstić information content (AvgIpc) is 3.11. The highest BCUT2D eigenvalue weighted by Gasteiger charge is 2.29. The van der Waals surface area contributed by atoms with Gasteiger partial charge < -0.3 is 18.6 Å². The molecule has 0 radical (unpaired) electrons. The molecule has 3 aromatic rings. The minimum atomic E-state index is -0.520. The van der Waals surface area contributed by atoms with E-state index < -0.39 is 5.92 Å². The van der Waals surface area contributed by atoms with Crippen molar-refractivity contribution >= 4 is 22.5 Å². The molecule has 1 heterocycles. The summed E-state index contributed by atoms with van der Waals surface area (Å²) < 4.78 is 21.7. The van der Waals surface area contributed by atoms with Gasteiger partial charge in [-0.2, -0.15) is 0 Å². The smallest absolute Gasteiger partial charge is 0.316 e. The Balaban J connectivity index is 2.22. The third kappa shape index (κ3) is 3.48. The van der Waals surface area contributed by atoms with Crippen LogP contribution in [0.2, 0.25) is 0 Å². The van der Waals surface area contributed by atoms with Crippen molar-refractivity contribution < 1.29 is 23.4 Å². The number of hydrogen-bond donors (Lipinski definition) is 0. The Morgan fingerprint density at radius 1 is 1.04 bits per heavy atom. The molecule has 5 nitrogen and oxygen atoms in total. The Morgan fingerprint density at radius 2 is 1.68 bits per heavy atom. The average molecular weight is 380 g/mol. The summed E-state index contributed by atoms with van der Waals surface area (Å²) in [7, 11) is 4.62. The largest absolute Gasteiger partial charge is 0.497 e. The van der Waals surface area contributed by atoms with Crippen LogP contribution in [-0.2, 0) is 9.53 Å². The lowest BCUT2D eigenvalue weighted by atomic mass is 9.91. The molecule has 146 valence electrons. The lowest BCUT2D eigenvalue weighted by Crippen LogP contribution is -2.14. The summed E-state index contributed by atoms with van der Waals surface area (Å²) in [6.45, 7) is 6.22. The number of esters is 1. The molecule has 3 rings (SSSR count). The van der Waals surface area contributed by atoms with Gasteiger partial charge in [-0.1, -0.05) is 25.6 Å². The number of ether oxygens (including phenoxy) is 3. The van der Waals surface area contributed by atoms with Gasteiger partial charge in [0, 0.05) is 10.9 Å². The second kappa shape index (κ2) is 8.21. The van der Waals surface area contributed by atoms with Crippen molar-refractivity contribution in [2.45, 2.75) is 19.3 Å². The quantitative estimate of drug-likeness (QED) is 0.529. The fourth-order valence-electron chi connectivity index (χ4n) is 3.32. The zero-order chi connectivity index (χ0) is 20.3. The maximum atomic E-state index is 12.4. The Morgan fingerprint density at radius 3 is 2.25 bits per heavy atom. The molecule has 28 heavy (non-hydrogen) atoms. The van der Waals surface area contributed by atoms with E-state index in [4.69, 9.17) is 18.6 Å². The number of fused-ring (bicyclic) bond motifs is 1. The predicted octanol–water partition coefficient (Wildman–Crippen LogP) is 5.18. The Kier molecular flexibility index (Phi) is 5.73. The highest BCUT2D eigenvalue weighted by molar-refractivity contribution is 5.98. The fourth-order valence-corrected chi connectivity index (χ4v) is 3.32. The summed E-state index contributed by atoms with van der Waals surface area (Å²) in [5.41, 5.74) is 3.12. The highest BCUT2D eigenvalue weighted by atomic mass is 16.5. The van der Waals surface area contributed by atoms with Crippen LogP contribution in [0.4, 0.5) is 0 Å². The van der Waals surface area contributed by atoms with Gasteiger partial charge in [0.15, 0.2) is 0 Å². The Bertz CT molecular complexity index is 998. The second-order valence-corrected chi connectivity index (χ2v) is 6.39. The van der Waals surface area contributed by atoms with Crippen molar-refractivity contribution in [3.8, 4) is 11.5 Å². The van der Waals surface area contributed by atoms with Crippen molar-refractivity contribution in [3.63, 3.8) is 0 Å². The predicted molar refractivity (Wildman–Crippen MR) is 109 cm³/mol. The number of methoxy groups -OCH3 is 3. The molecule has 1 atom stereocenters. The second-order valence-electron chi connectivity index (χ2n) is 6.39. The topological polar surface area (TPSA) is 57.9 Å². The maximum absolute atomic E-state index is 12.4. The van der Waals surface area contributed by atoms with Crippen LogP contribution < -0.4 is 9.47 Å².